The maximum absolute atomic E-state index is 13.4. The monoisotopic (exact) mass is 507 g/mol. The zero-order valence-corrected chi connectivity index (χ0v) is 20.6. The third-order valence-electron chi connectivity index (χ3n) is 6.17. The van der Waals surface area contributed by atoms with Crippen molar-refractivity contribution in [2.75, 3.05) is 11.5 Å². The van der Waals surface area contributed by atoms with E-state index in [9.17, 15) is 19.8 Å². The lowest BCUT2D eigenvalue weighted by molar-refractivity contribution is -0.132. The van der Waals surface area contributed by atoms with Crippen LogP contribution in [0.5, 0.6) is 23.0 Å². The van der Waals surface area contributed by atoms with Gasteiger partial charge in [-0.3, -0.25) is 14.5 Å². The Hall–Kier alpha value is -5.04. The van der Waals surface area contributed by atoms with Crippen LogP contribution in [0.25, 0.3) is 5.76 Å². The number of hydrogen-bond donors (Lipinski definition) is 2. The van der Waals surface area contributed by atoms with Crippen molar-refractivity contribution in [3.05, 3.63) is 120 Å². The lowest BCUT2D eigenvalue weighted by Gasteiger charge is -2.25. The fourth-order valence-electron chi connectivity index (χ4n) is 4.43. The van der Waals surface area contributed by atoms with Crippen LogP contribution in [0, 0.1) is 0 Å². The molecule has 0 aromatic heterocycles. The summed E-state index contributed by atoms with van der Waals surface area (Å²) in [5.41, 5.74) is 1.30. The number of anilines is 1. The van der Waals surface area contributed by atoms with E-state index >= 15 is 0 Å². The Morgan fingerprint density at radius 3 is 2.16 bits per heavy atom. The Morgan fingerprint density at radius 2 is 1.47 bits per heavy atom. The molecular weight excluding hydrogens is 482 g/mol. The molecular formula is C31H25NO6. The number of Topliss-reactive ketones (excluding diaryl/α,β-unsaturated/α-hetero) is 1. The Labute approximate surface area is 219 Å². The van der Waals surface area contributed by atoms with Crippen LogP contribution in [-0.4, -0.2) is 28.5 Å². The lowest BCUT2D eigenvalue weighted by atomic mass is 9.95. The summed E-state index contributed by atoms with van der Waals surface area (Å²) >= 11 is 0. The Morgan fingerprint density at radius 1 is 0.816 bits per heavy atom. The number of nitrogens with zero attached hydrogens (tertiary/aromatic N) is 1. The zero-order valence-electron chi connectivity index (χ0n) is 20.6. The average Bonchev–Trinajstić information content (AvgIpc) is 3.20. The molecule has 190 valence electrons. The van der Waals surface area contributed by atoms with Gasteiger partial charge in [-0.05, 0) is 73.2 Å². The van der Waals surface area contributed by atoms with Crippen LogP contribution in [0.4, 0.5) is 5.69 Å². The van der Waals surface area contributed by atoms with E-state index in [0.29, 0.717) is 40.7 Å². The standard InChI is InChI=1S/C31H25NO6/c1-2-37-26-10-6-7-21(19-26)29(34)27-28(20-11-15-23(33)16-12-20)32(31(36)30(27)35)22-13-17-25(18-14-22)38-24-8-4-3-5-9-24/h3-19,28,33-34H,2H2,1H3/b29-27-. The lowest BCUT2D eigenvalue weighted by Crippen LogP contribution is -2.29. The van der Waals surface area contributed by atoms with Gasteiger partial charge in [0.05, 0.1) is 18.2 Å². The van der Waals surface area contributed by atoms with Crippen LogP contribution in [0.15, 0.2) is 109 Å². The molecule has 7 nitrogen and oxygen atoms in total. The molecule has 0 spiro atoms. The molecule has 0 bridgehead atoms. The van der Waals surface area contributed by atoms with Crippen molar-refractivity contribution in [2.45, 2.75) is 13.0 Å². The van der Waals surface area contributed by atoms with Crippen LogP contribution in [0.3, 0.4) is 0 Å². The molecule has 0 aliphatic carbocycles. The van der Waals surface area contributed by atoms with Crippen LogP contribution < -0.4 is 14.4 Å². The molecule has 4 aromatic carbocycles. The molecule has 1 aliphatic rings. The van der Waals surface area contributed by atoms with Crippen molar-refractivity contribution in [3.63, 3.8) is 0 Å². The van der Waals surface area contributed by atoms with Crippen molar-refractivity contribution in [1.29, 1.82) is 0 Å². The zero-order chi connectivity index (χ0) is 26.6. The van der Waals surface area contributed by atoms with Gasteiger partial charge in [0.1, 0.15) is 28.8 Å². The number of aliphatic hydroxyl groups excluding tert-OH is 1. The summed E-state index contributed by atoms with van der Waals surface area (Å²) in [7, 11) is 0. The summed E-state index contributed by atoms with van der Waals surface area (Å²) in [6.07, 6.45) is 0. The molecule has 1 heterocycles. The second-order valence-electron chi connectivity index (χ2n) is 8.63. The van der Waals surface area contributed by atoms with Crippen LogP contribution >= 0.6 is 0 Å². The molecule has 5 rings (SSSR count). The highest BCUT2D eigenvalue weighted by molar-refractivity contribution is 6.51. The minimum atomic E-state index is -0.924. The molecule has 1 aliphatic heterocycles. The van der Waals surface area contributed by atoms with E-state index in [1.54, 1.807) is 60.7 Å². The van der Waals surface area contributed by atoms with E-state index in [0.717, 1.165) is 0 Å². The van der Waals surface area contributed by atoms with Gasteiger partial charge in [-0.15, -0.1) is 0 Å². The largest absolute Gasteiger partial charge is 0.508 e. The number of para-hydroxylation sites is 1. The SMILES string of the molecule is CCOc1cccc(/C(O)=C2/C(=O)C(=O)N(c3ccc(Oc4ccccc4)cc3)C2c2ccc(O)cc2)c1. The Bertz CT molecular complexity index is 1490. The van der Waals surface area contributed by atoms with Gasteiger partial charge in [0, 0.05) is 11.3 Å². The van der Waals surface area contributed by atoms with E-state index in [1.807, 2.05) is 37.3 Å². The van der Waals surface area contributed by atoms with Crippen LogP contribution in [0.1, 0.15) is 24.1 Å². The van der Waals surface area contributed by atoms with Gasteiger partial charge in [0.2, 0.25) is 0 Å². The Kier molecular flexibility index (Phi) is 6.82. The van der Waals surface area contributed by atoms with E-state index < -0.39 is 17.7 Å². The van der Waals surface area contributed by atoms with Gasteiger partial charge in [-0.25, -0.2) is 0 Å². The summed E-state index contributed by atoms with van der Waals surface area (Å²) in [4.78, 5) is 28.1. The number of ether oxygens (including phenoxy) is 2. The number of aromatic hydroxyl groups is 1. The number of ketones is 1. The van der Waals surface area contributed by atoms with Crippen molar-refractivity contribution >= 4 is 23.1 Å². The summed E-state index contributed by atoms with van der Waals surface area (Å²) in [5, 5.41) is 21.2. The van der Waals surface area contributed by atoms with Gasteiger partial charge in [-0.1, -0.05) is 42.5 Å². The molecule has 1 amide bonds. The molecule has 0 saturated carbocycles. The van der Waals surface area contributed by atoms with Crippen molar-refractivity contribution in [1.82, 2.24) is 0 Å². The minimum absolute atomic E-state index is 0.0394. The number of aliphatic hydroxyl groups is 1. The van der Waals surface area contributed by atoms with Gasteiger partial charge in [0.15, 0.2) is 0 Å². The maximum Gasteiger partial charge on any atom is 0.300 e. The van der Waals surface area contributed by atoms with E-state index in [-0.39, 0.29) is 17.1 Å². The number of phenolic OH excluding ortho intramolecular Hbond substituents is 1. The second kappa shape index (κ2) is 10.5. The molecule has 1 fully saturated rings. The minimum Gasteiger partial charge on any atom is -0.508 e. The normalized spacial score (nSPS) is 16.4. The second-order valence-corrected chi connectivity index (χ2v) is 8.63. The summed E-state index contributed by atoms with van der Waals surface area (Å²) in [6, 6.07) is 28.1. The van der Waals surface area contributed by atoms with E-state index in [1.165, 1.54) is 17.0 Å². The van der Waals surface area contributed by atoms with Crippen LogP contribution in [0.2, 0.25) is 0 Å². The molecule has 2 N–H and O–H groups in total. The fraction of sp³-hybridized carbons (Fsp3) is 0.0968. The highest BCUT2D eigenvalue weighted by Crippen LogP contribution is 2.43. The first-order chi connectivity index (χ1) is 18.5. The summed E-state index contributed by atoms with van der Waals surface area (Å²) in [5.74, 6) is -0.105. The summed E-state index contributed by atoms with van der Waals surface area (Å²) < 4.78 is 11.4. The quantitative estimate of drug-likeness (QED) is 0.175. The molecule has 7 heteroatoms. The number of hydrogen-bond acceptors (Lipinski definition) is 6. The molecule has 0 radical (unpaired) electrons. The first-order valence-corrected chi connectivity index (χ1v) is 12.1. The average molecular weight is 508 g/mol. The molecule has 1 unspecified atom stereocenters. The number of benzene rings is 4. The summed E-state index contributed by atoms with van der Waals surface area (Å²) in [6.45, 7) is 2.28. The molecule has 1 saturated heterocycles. The Balaban J connectivity index is 1.58. The van der Waals surface area contributed by atoms with Crippen molar-refractivity contribution in [3.8, 4) is 23.0 Å². The number of rotatable bonds is 7. The van der Waals surface area contributed by atoms with Crippen LogP contribution in [-0.2, 0) is 9.59 Å². The smallest absolute Gasteiger partial charge is 0.300 e. The number of amides is 1. The number of carbonyl (C=O) groups is 2. The maximum atomic E-state index is 13.4. The van der Waals surface area contributed by atoms with Gasteiger partial charge >= 0.3 is 0 Å². The first-order valence-electron chi connectivity index (χ1n) is 12.1. The van der Waals surface area contributed by atoms with Gasteiger partial charge < -0.3 is 19.7 Å². The molecule has 4 aromatic rings. The third-order valence-corrected chi connectivity index (χ3v) is 6.17. The fourth-order valence-corrected chi connectivity index (χ4v) is 4.43. The number of carbonyl (C=O) groups excluding carboxylic acids is 2. The van der Waals surface area contributed by atoms with Crippen molar-refractivity contribution in [2.24, 2.45) is 0 Å². The highest BCUT2D eigenvalue weighted by atomic mass is 16.5. The molecule has 38 heavy (non-hydrogen) atoms. The predicted octanol–water partition coefficient (Wildman–Crippen LogP) is 6.21. The third kappa shape index (κ3) is 4.82. The number of phenols is 1. The highest BCUT2D eigenvalue weighted by Gasteiger charge is 2.47. The van der Waals surface area contributed by atoms with Gasteiger partial charge in [0.25, 0.3) is 11.7 Å². The molecule has 1 atom stereocenters. The van der Waals surface area contributed by atoms with E-state index in [4.69, 9.17) is 9.47 Å². The van der Waals surface area contributed by atoms with Gasteiger partial charge in [-0.2, -0.15) is 0 Å². The topological polar surface area (TPSA) is 96.3 Å². The van der Waals surface area contributed by atoms with E-state index in [2.05, 4.69) is 0 Å². The predicted molar refractivity (Wildman–Crippen MR) is 143 cm³/mol. The first kappa shape index (κ1) is 24.6. The van der Waals surface area contributed by atoms with Crippen molar-refractivity contribution < 1.29 is 29.3 Å².